The van der Waals surface area contributed by atoms with Gasteiger partial charge in [-0.2, -0.15) is 0 Å². The molecular weight excluding hydrogens is 501 g/mol. The van der Waals surface area contributed by atoms with Crippen LogP contribution in [0.1, 0.15) is 27.6 Å². The summed E-state index contributed by atoms with van der Waals surface area (Å²) in [5.74, 6) is -1.70. The van der Waals surface area contributed by atoms with Crippen molar-refractivity contribution in [2.75, 3.05) is 5.32 Å². The lowest BCUT2D eigenvalue weighted by Gasteiger charge is -2.18. The second-order valence-electron chi connectivity index (χ2n) is 7.63. The van der Waals surface area contributed by atoms with Crippen molar-refractivity contribution in [1.29, 1.82) is 0 Å². The van der Waals surface area contributed by atoms with Crippen LogP contribution in [0.15, 0.2) is 91.0 Å². The van der Waals surface area contributed by atoms with Crippen LogP contribution in [0.2, 0.25) is 10.0 Å². The van der Waals surface area contributed by atoms with Crippen LogP contribution in [0.4, 0.5) is 5.69 Å². The van der Waals surface area contributed by atoms with Crippen molar-refractivity contribution < 1.29 is 23.9 Å². The lowest BCUT2D eigenvalue weighted by molar-refractivity contribution is -0.114. The highest BCUT2D eigenvalue weighted by Gasteiger charge is 2.23. The molecule has 36 heavy (non-hydrogen) atoms. The Morgan fingerprint density at radius 1 is 0.667 bits per heavy atom. The molecule has 0 spiro atoms. The van der Waals surface area contributed by atoms with E-state index in [2.05, 4.69) is 5.32 Å². The molecule has 180 valence electrons. The summed E-state index contributed by atoms with van der Waals surface area (Å²) in [5.41, 5.74) is 1.49. The van der Waals surface area contributed by atoms with Crippen molar-refractivity contribution in [3.63, 3.8) is 0 Å². The Labute approximate surface area is 217 Å². The van der Waals surface area contributed by atoms with Gasteiger partial charge in [-0.15, -0.1) is 0 Å². The first kappa shape index (κ1) is 25.0. The monoisotopic (exact) mass is 519 g/mol. The fourth-order valence-electron chi connectivity index (χ4n) is 3.48. The van der Waals surface area contributed by atoms with Crippen LogP contribution in [0.25, 0.3) is 11.1 Å². The van der Waals surface area contributed by atoms with E-state index in [1.165, 1.54) is 31.2 Å². The van der Waals surface area contributed by atoms with Crippen LogP contribution in [0.3, 0.4) is 0 Å². The summed E-state index contributed by atoms with van der Waals surface area (Å²) in [6, 6.07) is 24.8. The normalized spacial score (nSPS) is 10.4. The number of carbonyl (C=O) groups is 3. The molecule has 0 aliphatic heterocycles. The number of hydrogen-bond donors (Lipinski definition) is 1. The quantitative estimate of drug-likeness (QED) is 0.218. The Balaban J connectivity index is 1.86. The second kappa shape index (κ2) is 11.1. The molecule has 0 fully saturated rings. The summed E-state index contributed by atoms with van der Waals surface area (Å²) in [7, 11) is 0. The second-order valence-corrected chi connectivity index (χ2v) is 8.45. The zero-order chi connectivity index (χ0) is 25.7. The minimum atomic E-state index is -0.721. The zero-order valence-electron chi connectivity index (χ0n) is 19.0. The van der Waals surface area contributed by atoms with Gasteiger partial charge in [0.1, 0.15) is 11.5 Å². The molecule has 4 aromatic rings. The first-order chi connectivity index (χ1) is 17.3. The van der Waals surface area contributed by atoms with Crippen molar-refractivity contribution >= 4 is 46.7 Å². The van der Waals surface area contributed by atoms with Gasteiger partial charge in [0.2, 0.25) is 5.91 Å². The van der Waals surface area contributed by atoms with Gasteiger partial charge < -0.3 is 14.8 Å². The number of carbonyl (C=O) groups excluding carboxylic acids is 3. The lowest BCUT2D eigenvalue weighted by Crippen LogP contribution is -2.14. The molecule has 0 heterocycles. The van der Waals surface area contributed by atoms with E-state index in [-0.39, 0.29) is 44.3 Å². The molecule has 0 aromatic heterocycles. The van der Waals surface area contributed by atoms with Crippen molar-refractivity contribution in [3.8, 4) is 22.6 Å². The Hall–Kier alpha value is -4.13. The maximum Gasteiger partial charge on any atom is 0.345 e. The largest absolute Gasteiger partial charge is 0.422 e. The van der Waals surface area contributed by atoms with Gasteiger partial charge in [-0.05, 0) is 29.8 Å². The van der Waals surface area contributed by atoms with E-state index in [1.807, 2.05) is 6.07 Å². The number of hydrogen-bond acceptors (Lipinski definition) is 5. The summed E-state index contributed by atoms with van der Waals surface area (Å²) in [6.07, 6.45) is 0. The van der Waals surface area contributed by atoms with E-state index >= 15 is 0 Å². The van der Waals surface area contributed by atoms with Gasteiger partial charge in [-0.25, -0.2) is 9.59 Å². The van der Waals surface area contributed by atoms with Crippen molar-refractivity contribution in [2.24, 2.45) is 0 Å². The molecule has 8 heteroatoms. The van der Waals surface area contributed by atoms with Gasteiger partial charge in [0.25, 0.3) is 0 Å². The molecule has 1 amide bonds. The molecule has 0 aliphatic carbocycles. The summed E-state index contributed by atoms with van der Waals surface area (Å²) in [5, 5.41) is 3.07. The van der Waals surface area contributed by atoms with Gasteiger partial charge in [-0.3, -0.25) is 4.79 Å². The summed E-state index contributed by atoms with van der Waals surface area (Å²) in [6.45, 7) is 1.33. The van der Waals surface area contributed by atoms with E-state index in [9.17, 15) is 14.4 Å². The fourth-order valence-corrected chi connectivity index (χ4v) is 3.90. The Morgan fingerprint density at radius 3 is 1.56 bits per heavy atom. The van der Waals surface area contributed by atoms with Gasteiger partial charge in [-0.1, -0.05) is 77.8 Å². The minimum Gasteiger partial charge on any atom is -0.422 e. The Bertz CT molecular complexity index is 1370. The molecule has 0 aliphatic rings. The maximum atomic E-state index is 13.0. The summed E-state index contributed by atoms with van der Waals surface area (Å²) < 4.78 is 11.5. The van der Waals surface area contributed by atoms with Gasteiger partial charge >= 0.3 is 11.9 Å². The fraction of sp³-hybridized carbons (Fsp3) is 0.0357. The number of anilines is 1. The molecule has 1 N–H and O–H groups in total. The van der Waals surface area contributed by atoms with E-state index in [4.69, 9.17) is 32.7 Å². The molecule has 0 radical (unpaired) electrons. The SMILES string of the molecule is CC(=O)Nc1cc(OC(=O)c2ccccc2Cl)c(-c2ccccc2)c(OC(=O)c2ccccc2Cl)c1. The molecule has 0 saturated heterocycles. The van der Waals surface area contributed by atoms with Crippen LogP contribution >= 0.6 is 23.2 Å². The molecule has 0 saturated carbocycles. The molecule has 6 nitrogen and oxygen atoms in total. The van der Waals surface area contributed by atoms with Crippen LogP contribution in [0, 0.1) is 0 Å². The molecule has 0 atom stereocenters. The first-order valence-corrected chi connectivity index (χ1v) is 11.5. The molecule has 4 rings (SSSR count). The number of benzene rings is 4. The van der Waals surface area contributed by atoms with E-state index < -0.39 is 11.9 Å². The standard InChI is InChI=1S/C28H19Cl2NO5/c1-17(32)31-19-15-24(35-27(33)20-11-5-7-13-22(20)29)26(18-9-3-2-4-10-18)25(16-19)36-28(34)21-12-6-8-14-23(21)30/h2-16H,1H3,(H,31,32). The highest BCUT2D eigenvalue weighted by molar-refractivity contribution is 6.34. The van der Waals surface area contributed by atoms with Crippen LogP contribution in [0.5, 0.6) is 11.5 Å². The topological polar surface area (TPSA) is 81.7 Å². The Kier molecular flexibility index (Phi) is 7.68. The highest BCUT2D eigenvalue weighted by Crippen LogP contribution is 2.42. The van der Waals surface area contributed by atoms with Crippen molar-refractivity contribution in [2.45, 2.75) is 6.92 Å². The van der Waals surface area contributed by atoms with E-state index in [1.54, 1.807) is 60.7 Å². The molecule has 4 aromatic carbocycles. The number of esters is 2. The summed E-state index contributed by atoms with van der Waals surface area (Å²) in [4.78, 5) is 37.9. The minimum absolute atomic E-state index is 0.0549. The zero-order valence-corrected chi connectivity index (χ0v) is 20.5. The van der Waals surface area contributed by atoms with E-state index in [0.717, 1.165) is 0 Å². The van der Waals surface area contributed by atoms with Crippen molar-refractivity contribution in [1.82, 2.24) is 0 Å². The van der Waals surface area contributed by atoms with Crippen LogP contribution < -0.4 is 14.8 Å². The molecule has 0 bridgehead atoms. The number of rotatable bonds is 6. The predicted octanol–water partition coefficient (Wildman–Crippen LogP) is 7.06. The lowest BCUT2D eigenvalue weighted by atomic mass is 10.0. The average Bonchev–Trinajstić information content (AvgIpc) is 2.84. The highest BCUT2D eigenvalue weighted by atomic mass is 35.5. The van der Waals surface area contributed by atoms with Gasteiger partial charge in [0, 0.05) is 24.7 Å². The summed E-state index contributed by atoms with van der Waals surface area (Å²) >= 11 is 12.4. The predicted molar refractivity (Wildman–Crippen MR) is 139 cm³/mol. The van der Waals surface area contributed by atoms with Gasteiger partial charge in [0.15, 0.2) is 0 Å². The third-order valence-corrected chi connectivity index (χ3v) is 5.70. The number of halogens is 2. The number of amides is 1. The number of ether oxygens (including phenoxy) is 2. The van der Waals surface area contributed by atoms with E-state index in [0.29, 0.717) is 11.1 Å². The van der Waals surface area contributed by atoms with Crippen LogP contribution in [-0.2, 0) is 4.79 Å². The average molecular weight is 520 g/mol. The van der Waals surface area contributed by atoms with Crippen LogP contribution in [-0.4, -0.2) is 17.8 Å². The Morgan fingerprint density at radius 2 is 1.11 bits per heavy atom. The smallest absolute Gasteiger partial charge is 0.345 e. The maximum absolute atomic E-state index is 13.0. The molecular formula is C28H19Cl2NO5. The van der Waals surface area contributed by atoms with Gasteiger partial charge in [0.05, 0.1) is 26.7 Å². The third-order valence-electron chi connectivity index (χ3n) is 5.04. The number of nitrogens with one attached hydrogen (secondary N) is 1. The molecule has 0 unspecified atom stereocenters. The third kappa shape index (κ3) is 5.74. The first-order valence-electron chi connectivity index (χ1n) is 10.8. The van der Waals surface area contributed by atoms with Crippen molar-refractivity contribution in [3.05, 3.63) is 112 Å².